The minimum absolute atomic E-state index is 0.0148. The van der Waals surface area contributed by atoms with E-state index in [1.807, 2.05) is 19.2 Å². The van der Waals surface area contributed by atoms with E-state index in [2.05, 4.69) is 10.3 Å². The SMILES string of the molecule is Cc1cnccc1CNC(=O)C1CCCCCC1N. The largest absolute Gasteiger partial charge is 0.352 e. The van der Waals surface area contributed by atoms with E-state index in [1.165, 1.54) is 6.42 Å². The third-order valence-corrected chi connectivity index (χ3v) is 4.00. The van der Waals surface area contributed by atoms with E-state index in [0.29, 0.717) is 6.54 Å². The molecule has 0 aliphatic heterocycles. The predicted octanol–water partition coefficient (Wildman–Crippen LogP) is 1.91. The van der Waals surface area contributed by atoms with Crippen LogP contribution >= 0.6 is 0 Å². The van der Waals surface area contributed by atoms with Crippen LogP contribution in [0.5, 0.6) is 0 Å². The third kappa shape index (κ3) is 3.77. The van der Waals surface area contributed by atoms with Gasteiger partial charge in [0.05, 0.1) is 5.92 Å². The molecular formula is C15H23N3O. The molecule has 0 saturated heterocycles. The van der Waals surface area contributed by atoms with Gasteiger partial charge in [0.2, 0.25) is 5.91 Å². The van der Waals surface area contributed by atoms with Crippen molar-refractivity contribution >= 4 is 5.91 Å². The van der Waals surface area contributed by atoms with Gasteiger partial charge in [-0.05, 0) is 37.0 Å². The predicted molar refractivity (Wildman–Crippen MR) is 75.4 cm³/mol. The average molecular weight is 261 g/mol. The molecule has 3 N–H and O–H groups in total. The Labute approximate surface area is 114 Å². The molecule has 1 saturated carbocycles. The van der Waals surface area contributed by atoms with Gasteiger partial charge in [-0.1, -0.05) is 19.3 Å². The molecule has 19 heavy (non-hydrogen) atoms. The Hall–Kier alpha value is -1.42. The molecule has 4 nitrogen and oxygen atoms in total. The van der Waals surface area contributed by atoms with Crippen LogP contribution in [0.1, 0.15) is 43.2 Å². The normalized spacial score (nSPS) is 23.7. The van der Waals surface area contributed by atoms with Crippen LogP contribution in [0.4, 0.5) is 0 Å². The maximum Gasteiger partial charge on any atom is 0.224 e. The first-order chi connectivity index (χ1) is 9.18. The quantitative estimate of drug-likeness (QED) is 0.817. The van der Waals surface area contributed by atoms with Gasteiger partial charge in [0, 0.05) is 25.0 Å². The van der Waals surface area contributed by atoms with E-state index in [-0.39, 0.29) is 17.9 Å². The number of amides is 1. The zero-order chi connectivity index (χ0) is 13.7. The molecule has 104 valence electrons. The summed E-state index contributed by atoms with van der Waals surface area (Å²) in [6, 6.07) is 1.96. The molecule has 1 aromatic heterocycles. The van der Waals surface area contributed by atoms with E-state index in [1.54, 1.807) is 6.20 Å². The van der Waals surface area contributed by atoms with Crippen LogP contribution in [-0.2, 0) is 11.3 Å². The second-order valence-corrected chi connectivity index (χ2v) is 5.43. The lowest BCUT2D eigenvalue weighted by atomic mass is 9.94. The molecule has 0 bridgehead atoms. The van der Waals surface area contributed by atoms with E-state index < -0.39 is 0 Å². The number of aromatic nitrogens is 1. The number of carbonyl (C=O) groups excluding carboxylic acids is 1. The van der Waals surface area contributed by atoms with Gasteiger partial charge in [-0.15, -0.1) is 0 Å². The summed E-state index contributed by atoms with van der Waals surface area (Å²) < 4.78 is 0. The van der Waals surface area contributed by atoms with Crippen molar-refractivity contribution in [3.8, 4) is 0 Å². The van der Waals surface area contributed by atoms with Crippen LogP contribution < -0.4 is 11.1 Å². The maximum atomic E-state index is 12.2. The van der Waals surface area contributed by atoms with Gasteiger partial charge in [0.25, 0.3) is 0 Å². The highest BCUT2D eigenvalue weighted by Crippen LogP contribution is 2.22. The highest BCUT2D eigenvalue weighted by Gasteiger charge is 2.26. The first-order valence-electron chi connectivity index (χ1n) is 7.11. The van der Waals surface area contributed by atoms with Gasteiger partial charge in [0.1, 0.15) is 0 Å². The van der Waals surface area contributed by atoms with Crippen LogP contribution in [0, 0.1) is 12.8 Å². The summed E-state index contributed by atoms with van der Waals surface area (Å²) in [5, 5.41) is 3.02. The van der Waals surface area contributed by atoms with Gasteiger partial charge in [0.15, 0.2) is 0 Å². The molecule has 0 aromatic carbocycles. The van der Waals surface area contributed by atoms with Gasteiger partial charge >= 0.3 is 0 Å². The number of nitrogens with zero attached hydrogens (tertiary/aromatic N) is 1. The minimum Gasteiger partial charge on any atom is -0.352 e. The standard InChI is InChI=1S/C15H23N3O/c1-11-9-17-8-7-12(11)10-18-15(19)13-5-3-2-4-6-14(13)16/h7-9,13-14H,2-6,10,16H2,1H3,(H,18,19). The number of hydrogen-bond donors (Lipinski definition) is 2. The Morgan fingerprint density at radius 2 is 2.21 bits per heavy atom. The summed E-state index contributed by atoms with van der Waals surface area (Å²) in [6.45, 7) is 2.57. The second kappa shape index (κ2) is 6.66. The van der Waals surface area contributed by atoms with Crippen molar-refractivity contribution in [1.82, 2.24) is 10.3 Å². The van der Waals surface area contributed by atoms with Crippen molar-refractivity contribution in [3.63, 3.8) is 0 Å². The first-order valence-corrected chi connectivity index (χ1v) is 7.11. The monoisotopic (exact) mass is 261 g/mol. The summed E-state index contributed by atoms with van der Waals surface area (Å²) in [6.07, 6.45) is 8.91. The smallest absolute Gasteiger partial charge is 0.224 e. The van der Waals surface area contributed by atoms with Crippen LogP contribution in [-0.4, -0.2) is 16.9 Å². The molecule has 4 heteroatoms. The molecule has 1 aromatic rings. The molecule has 1 amide bonds. The summed E-state index contributed by atoms with van der Waals surface area (Å²) >= 11 is 0. The second-order valence-electron chi connectivity index (χ2n) is 5.43. The lowest BCUT2D eigenvalue weighted by molar-refractivity contribution is -0.126. The lowest BCUT2D eigenvalue weighted by Gasteiger charge is -2.20. The summed E-state index contributed by atoms with van der Waals surface area (Å²) in [7, 11) is 0. The van der Waals surface area contributed by atoms with Crippen molar-refractivity contribution in [2.45, 2.75) is 51.6 Å². The van der Waals surface area contributed by atoms with Gasteiger partial charge in [-0.3, -0.25) is 9.78 Å². The van der Waals surface area contributed by atoms with Crippen molar-refractivity contribution < 1.29 is 4.79 Å². The number of aryl methyl sites for hydroxylation is 1. The molecule has 1 fully saturated rings. The summed E-state index contributed by atoms with van der Waals surface area (Å²) in [5.74, 6) is 0.0789. The zero-order valence-electron chi connectivity index (χ0n) is 11.6. The Morgan fingerprint density at radius 1 is 1.42 bits per heavy atom. The average Bonchev–Trinajstić information content (AvgIpc) is 2.62. The van der Waals surface area contributed by atoms with Crippen LogP contribution in [0.2, 0.25) is 0 Å². The van der Waals surface area contributed by atoms with E-state index >= 15 is 0 Å². The first kappa shape index (κ1) is 14.0. The zero-order valence-corrected chi connectivity index (χ0v) is 11.6. The Morgan fingerprint density at radius 3 is 3.00 bits per heavy atom. The third-order valence-electron chi connectivity index (χ3n) is 4.00. The summed E-state index contributed by atoms with van der Waals surface area (Å²) in [5.41, 5.74) is 8.33. The van der Waals surface area contributed by atoms with Crippen molar-refractivity contribution in [1.29, 1.82) is 0 Å². The lowest BCUT2D eigenvalue weighted by Crippen LogP contribution is -2.41. The number of pyridine rings is 1. The van der Waals surface area contributed by atoms with E-state index in [9.17, 15) is 4.79 Å². The fraction of sp³-hybridized carbons (Fsp3) is 0.600. The van der Waals surface area contributed by atoms with Crippen molar-refractivity contribution in [2.75, 3.05) is 0 Å². The molecule has 2 rings (SSSR count). The number of nitrogens with one attached hydrogen (secondary N) is 1. The van der Waals surface area contributed by atoms with Gasteiger partial charge < -0.3 is 11.1 Å². The highest BCUT2D eigenvalue weighted by molar-refractivity contribution is 5.79. The molecule has 2 atom stereocenters. The van der Waals surface area contributed by atoms with E-state index in [4.69, 9.17) is 5.73 Å². The number of hydrogen-bond acceptors (Lipinski definition) is 3. The van der Waals surface area contributed by atoms with Crippen LogP contribution in [0.3, 0.4) is 0 Å². The summed E-state index contributed by atoms with van der Waals surface area (Å²) in [4.78, 5) is 16.3. The number of carbonyl (C=O) groups is 1. The molecule has 1 aliphatic carbocycles. The van der Waals surface area contributed by atoms with Crippen LogP contribution in [0.25, 0.3) is 0 Å². The van der Waals surface area contributed by atoms with Crippen LogP contribution in [0.15, 0.2) is 18.5 Å². The number of rotatable bonds is 3. The maximum absolute atomic E-state index is 12.2. The molecule has 1 aliphatic rings. The fourth-order valence-electron chi connectivity index (χ4n) is 2.68. The van der Waals surface area contributed by atoms with Gasteiger partial charge in [-0.25, -0.2) is 0 Å². The Bertz CT molecular complexity index is 433. The molecule has 0 spiro atoms. The number of nitrogens with two attached hydrogens (primary N) is 1. The molecule has 1 heterocycles. The molecular weight excluding hydrogens is 238 g/mol. The topological polar surface area (TPSA) is 68.0 Å². The Kier molecular flexibility index (Phi) is 4.91. The van der Waals surface area contributed by atoms with Crippen molar-refractivity contribution in [3.05, 3.63) is 29.6 Å². The minimum atomic E-state index is -0.0235. The highest BCUT2D eigenvalue weighted by atomic mass is 16.1. The van der Waals surface area contributed by atoms with Gasteiger partial charge in [-0.2, -0.15) is 0 Å². The van der Waals surface area contributed by atoms with Crippen molar-refractivity contribution in [2.24, 2.45) is 11.7 Å². The Balaban J connectivity index is 1.91. The molecule has 0 radical (unpaired) electrons. The molecule has 2 unspecified atom stereocenters. The fourth-order valence-corrected chi connectivity index (χ4v) is 2.68. The van der Waals surface area contributed by atoms with E-state index in [0.717, 1.165) is 36.8 Å².